The lowest BCUT2D eigenvalue weighted by molar-refractivity contribution is 0.0978. The van der Waals surface area contributed by atoms with Gasteiger partial charge in [-0.05, 0) is 18.6 Å². The first-order valence-corrected chi connectivity index (χ1v) is 7.53. The van der Waals surface area contributed by atoms with Crippen molar-refractivity contribution in [1.29, 1.82) is 0 Å². The van der Waals surface area contributed by atoms with E-state index >= 15 is 0 Å². The van der Waals surface area contributed by atoms with Gasteiger partial charge in [0, 0.05) is 12.0 Å². The Morgan fingerprint density at radius 2 is 1.63 bits per heavy atom. The summed E-state index contributed by atoms with van der Waals surface area (Å²) < 4.78 is 13.0. The van der Waals surface area contributed by atoms with E-state index in [9.17, 15) is 9.18 Å². The number of unbranched alkanes of at least 4 members (excludes halogenated alkanes) is 7. The van der Waals surface area contributed by atoms with Crippen LogP contribution in [0.3, 0.4) is 0 Å². The lowest BCUT2D eigenvalue weighted by Gasteiger charge is -2.02. The average Bonchev–Trinajstić information content (AvgIpc) is 2.41. The second-order valence-corrected chi connectivity index (χ2v) is 5.16. The van der Waals surface area contributed by atoms with E-state index in [0.717, 1.165) is 12.8 Å². The molecule has 19 heavy (non-hydrogen) atoms. The van der Waals surface area contributed by atoms with Gasteiger partial charge in [0.15, 0.2) is 5.78 Å². The van der Waals surface area contributed by atoms with Gasteiger partial charge in [0.25, 0.3) is 0 Å². The van der Waals surface area contributed by atoms with Crippen LogP contribution in [0.2, 0.25) is 0 Å². The van der Waals surface area contributed by atoms with E-state index < -0.39 is 0 Å². The minimum atomic E-state index is -0.332. The number of carbonyl (C=O) groups excluding carboxylic acids is 1. The third kappa shape index (κ3) is 7.09. The molecule has 0 aliphatic rings. The van der Waals surface area contributed by atoms with Gasteiger partial charge in [0.05, 0.1) is 0 Å². The van der Waals surface area contributed by atoms with Crippen molar-refractivity contribution in [3.8, 4) is 0 Å². The molecule has 0 fully saturated rings. The highest BCUT2D eigenvalue weighted by Gasteiger charge is 2.05. The smallest absolute Gasteiger partial charge is 0.162 e. The number of hydrogen-bond acceptors (Lipinski definition) is 1. The van der Waals surface area contributed by atoms with Gasteiger partial charge in [-0.15, -0.1) is 0 Å². The number of benzene rings is 1. The lowest BCUT2D eigenvalue weighted by atomic mass is 10.0. The standard InChI is InChI=1S/C17H25FO/c1-2-3-4-5-6-7-8-9-13-17(19)15-11-10-12-16(18)14-15/h10-12,14H,2-9,13H2,1H3. The maximum atomic E-state index is 13.0. The fourth-order valence-corrected chi connectivity index (χ4v) is 2.23. The van der Waals surface area contributed by atoms with Crippen LogP contribution in [0.5, 0.6) is 0 Å². The second-order valence-electron chi connectivity index (χ2n) is 5.16. The number of carbonyl (C=O) groups is 1. The molecule has 2 heteroatoms. The van der Waals surface area contributed by atoms with Crippen LogP contribution in [0, 0.1) is 5.82 Å². The van der Waals surface area contributed by atoms with Crippen LogP contribution in [-0.4, -0.2) is 5.78 Å². The molecule has 1 aromatic carbocycles. The highest BCUT2D eigenvalue weighted by Crippen LogP contribution is 2.12. The molecule has 1 rings (SSSR count). The quantitative estimate of drug-likeness (QED) is 0.400. The van der Waals surface area contributed by atoms with Crippen molar-refractivity contribution in [2.24, 2.45) is 0 Å². The fraction of sp³-hybridized carbons (Fsp3) is 0.588. The first kappa shape index (κ1) is 15.9. The molecule has 0 unspecified atom stereocenters. The van der Waals surface area contributed by atoms with Gasteiger partial charge in [-0.1, -0.05) is 64.0 Å². The summed E-state index contributed by atoms with van der Waals surface area (Å²) in [5.41, 5.74) is 0.503. The summed E-state index contributed by atoms with van der Waals surface area (Å²) in [7, 11) is 0. The van der Waals surface area contributed by atoms with Gasteiger partial charge in [0.2, 0.25) is 0 Å². The fourth-order valence-electron chi connectivity index (χ4n) is 2.23. The number of Topliss-reactive ketones (excluding diaryl/α,β-unsaturated/α-hetero) is 1. The largest absolute Gasteiger partial charge is 0.294 e. The number of halogens is 1. The van der Waals surface area contributed by atoms with Crippen LogP contribution in [0.15, 0.2) is 24.3 Å². The van der Waals surface area contributed by atoms with E-state index in [1.807, 2.05) is 0 Å². The molecule has 0 aliphatic carbocycles. The SMILES string of the molecule is CCCCCCCCCCC(=O)c1cccc(F)c1. The Morgan fingerprint density at radius 1 is 1.00 bits per heavy atom. The third-order valence-corrected chi connectivity index (χ3v) is 3.40. The molecule has 0 bridgehead atoms. The molecule has 1 nitrogen and oxygen atoms in total. The maximum Gasteiger partial charge on any atom is 0.162 e. The van der Waals surface area contributed by atoms with Crippen LogP contribution in [-0.2, 0) is 0 Å². The van der Waals surface area contributed by atoms with Gasteiger partial charge >= 0.3 is 0 Å². The molecule has 106 valence electrons. The van der Waals surface area contributed by atoms with Crippen molar-refractivity contribution in [3.05, 3.63) is 35.6 Å². The van der Waals surface area contributed by atoms with Crippen LogP contribution >= 0.6 is 0 Å². The van der Waals surface area contributed by atoms with Crippen molar-refractivity contribution in [2.45, 2.75) is 64.7 Å². The maximum absolute atomic E-state index is 13.0. The molecule has 0 saturated carbocycles. The Kier molecular flexibility index (Phi) is 8.11. The highest BCUT2D eigenvalue weighted by molar-refractivity contribution is 5.95. The summed E-state index contributed by atoms with van der Waals surface area (Å²) in [5.74, 6) is -0.271. The van der Waals surface area contributed by atoms with Crippen molar-refractivity contribution in [2.75, 3.05) is 0 Å². The number of ketones is 1. The molecule has 1 aromatic rings. The Morgan fingerprint density at radius 3 is 2.26 bits per heavy atom. The molecule has 0 N–H and O–H groups in total. The first-order valence-electron chi connectivity index (χ1n) is 7.53. The topological polar surface area (TPSA) is 17.1 Å². The summed E-state index contributed by atoms with van der Waals surface area (Å²) in [6, 6.07) is 5.98. The Balaban J connectivity index is 2.08. The van der Waals surface area contributed by atoms with Gasteiger partial charge < -0.3 is 0 Å². The Bertz CT molecular complexity index is 373. The van der Waals surface area contributed by atoms with Crippen LogP contribution in [0.4, 0.5) is 4.39 Å². The Hall–Kier alpha value is -1.18. The predicted octanol–water partition coefficient (Wildman–Crippen LogP) is 5.54. The van der Waals surface area contributed by atoms with Crippen molar-refractivity contribution in [3.63, 3.8) is 0 Å². The summed E-state index contributed by atoms with van der Waals surface area (Å²) in [5, 5.41) is 0. The molecule has 0 aliphatic heterocycles. The molecule has 0 saturated heterocycles. The monoisotopic (exact) mass is 264 g/mol. The van der Waals surface area contributed by atoms with E-state index in [-0.39, 0.29) is 11.6 Å². The van der Waals surface area contributed by atoms with E-state index in [4.69, 9.17) is 0 Å². The normalized spacial score (nSPS) is 10.6. The lowest BCUT2D eigenvalue weighted by Crippen LogP contribution is -1.99. The zero-order chi connectivity index (χ0) is 13.9. The van der Waals surface area contributed by atoms with Gasteiger partial charge in [-0.25, -0.2) is 4.39 Å². The molecule has 0 amide bonds. The third-order valence-electron chi connectivity index (χ3n) is 3.40. The summed E-state index contributed by atoms with van der Waals surface area (Å²) in [6.45, 7) is 2.22. The average molecular weight is 264 g/mol. The van der Waals surface area contributed by atoms with E-state index in [0.29, 0.717) is 12.0 Å². The summed E-state index contributed by atoms with van der Waals surface area (Å²) >= 11 is 0. The summed E-state index contributed by atoms with van der Waals surface area (Å²) in [4.78, 5) is 11.8. The molecule has 0 spiro atoms. The van der Waals surface area contributed by atoms with Gasteiger partial charge in [-0.2, -0.15) is 0 Å². The van der Waals surface area contributed by atoms with Gasteiger partial charge in [-0.3, -0.25) is 4.79 Å². The zero-order valence-corrected chi connectivity index (χ0v) is 12.0. The molecule has 0 radical (unpaired) electrons. The van der Waals surface area contributed by atoms with Crippen LogP contribution in [0.25, 0.3) is 0 Å². The van der Waals surface area contributed by atoms with Crippen LogP contribution in [0.1, 0.15) is 75.1 Å². The highest BCUT2D eigenvalue weighted by atomic mass is 19.1. The molecule has 0 atom stereocenters. The van der Waals surface area contributed by atoms with Gasteiger partial charge in [0.1, 0.15) is 5.82 Å². The van der Waals surface area contributed by atoms with E-state index in [1.165, 1.54) is 50.7 Å². The number of hydrogen-bond donors (Lipinski definition) is 0. The molecule has 0 aromatic heterocycles. The van der Waals surface area contributed by atoms with Crippen molar-refractivity contribution < 1.29 is 9.18 Å². The summed E-state index contributed by atoms with van der Waals surface area (Å²) in [6.07, 6.45) is 10.3. The second kappa shape index (κ2) is 9.71. The van der Waals surface area contributed by atoms with Crippen molar-refractivity contribution in [1.82, 2.24) is 0 Å². The van der Waals surface area contributed by atoms with E-state index in [1.54, 1.807) is 12.1 Å². The number of rotatable bonds is 10. The minimum absolute atomic E-state index is 0.0606. The minimum Gasteiger partial charge on any atom is -0.294 e. The van der Waals surface area contributed by atoms with E-state index in [2.05, 4.69) is 6.92 Å². The predicted molar refractivity (Wildman–Crippen MR) is 78.0 cm³/mol. The molecular weight excluding hydrogens is 239 g/mol. The Labute approximate surface area is 116 Å². The van der Waals surface area contributed by atoms with Crippen LogP contribution < -0.4 is 0 Å². The zero-order valence-electron chi connectivity index (χ0n) is 12.0. The molecular formula is C17H25FO. The van der Waals surface area contributed by atoms with Crippen molar-refractivity contribution >= 4 is 5.78 Å². The molecule has 0 heterocycles. The first-order chi connectivity index (χ1) is 9.24.